The van der Waals surface area contributed by atoms with E-state index in [-0.39, 0.29) is 0 Å². The van der Waals surface area contributed by atoms with Crippen LogP contribution in [0, 0.1) is 11.8 Å². The Morgan fingerprint density at radius 3 is 2.32 bits per heavy atom. The maximum atomic E-state index is 10.5. The van der Waals surface area contributed by atoms with Crippen LogP contribution in [0.4, 0.5) is 0 Å². The van der Waals surface area contributed by atoms with Crippen molar-refractivity contribution in [3.8, 4) is 11.8 Å². The molecule has 0 aliphatic rings. The minimum atomic E-state index is 0.652. The Balaban J connectivity index is 2.08. The number of benzene rings is 2. The van der Waals surface area contributed by atoms with Crippen LogP contribution in [0.2, 0.25) is 5.02 Å². The molecule has 0 amide bonds. The van der Waals surface area contributed by atoms with Gasteiger partial charge in [-0.25, -0.2) is 0 Å². The molecule has 0 bridgehead atoms. The molecule has 0 N–H and O–H groups in total. The molecule has 0 unspecified atom stereocenters. The molecule has 0 heterocycles. The lowest BCUT2D eigenvalue weighted by atomic mass is 10.1. The molecular weight excluding hydrogens is 256 g/mol. The fourth-order valence-electron chi connectivity index (χ4n) is 1.51. The van der Waals surface area contributed by atoms with Gasteiger partial charge in [-0.05, 0) is 29.8 Å². The van der Waals surface area contributed by atoms with Gasteiger partial charge in [0.05, 0.1) is 5.02 Å². The molecule has 0 atom stereocenters. The standard InChI is InChI=1S/C17H11ClO/c18-17-8-4-3-7-16(17)6-2-1-5-14-9-11-15(13-19)12-10-14/h1,3-5,7-13H/b5-1+. The minimum absolute atomic E-state index is 0.652. The Kier molecular flexibility index (Phi) is 4.55. The molecule has 0 fully saturated rings. The van der Waals surface area contributed by atoms with Gasteiger partial charge in [-0.15, -0.1) is 0 Å². The Morgan fingerprint density at radius 1 is 0.947 bits per heavy atom. The summed E-state index contributed by atoms with van der Waals surface area (Å²) in [5.41, 5.74) is 2.48. The van der Waals surface area contributed by atoms with Gasteiger partial charge in [0, 0.05) is 11.1 Å². The largest absolute Gasteiger partial charge is 0.298 e. The summed E-state index contributed by atoms with van der Waals surface area (Å²) in [6.45, 7) is 0. The van der Waals surface area contributed by atoms with Crippen molar-refractivity contribution in [3.63, 3.8) is 0 Å². The Bertz CT molecular complexity index is 658. The third-order valence-corrected chi connectivity index (χ3v) is 2.84. The van der Waals surface area contributed by atoms with Gasteiger partial charge >= 0.3 is 0 Å². The van der Waals surface area contributed by atoms with Gasteiger partial charge in [0.2, 0.25) is 0 Å². The highest BCUT2D eigenvalue weighted by molar-refractivity contribution is 6.31. The summed E-state index contributed by atoms with van der Waals surface area (Å²) < 4.78 is 0. The smallest absolute Gasteiger partial charge is 0.150 e. The maximum absolute atomic E-state index is 10.5. The van der Waals surface area contributed by atoms with E-state index >= 15 is 0 Å². The molecule has 92 valence electrons. The average Bonchev–Trinajstić information content (AvgIpc) is 2.46. The van der Waals surface area contributed by atoms with Crippen LogP contribution >= 0.6 is 11.6 Å². The summed E-state index contributed by atoms with van der Waals surface area (Å²) in [5, 5.41) is 0.652. The van der Waals surface area contributed by atoms with Crippen molar-refractivity contribution < 1.29 is 4.79 Å². The molecule has 0 saturated carbocycles. The van der Waals surface area contributed by atoms with Crippen LogP contribution in [0.5, 0.6) is 0 Å². The summed E-state index contributed by atoms with van der Waals surface area (Å²) in [6, 6.07) is 14.8. The Morgan fingerprint density at radius 2 is 1.63 bits per heavy atom. The highest BCUT2D eigenvalue weighted by atomic mass is 35.5. The number of carbonyl (C=O) groups excluding carboxylic acids is 1. The molecule has 2 aromatic rings. The molecule has 0 aromatic heterocycles. The first kappa shape index (κ1) is 13.1. The molecule has 19 heavy (non-hydrogen) atoms. The molecule has 0 saturated heterocycles. The molecule has 0 aliphatic carbocycles. The van der Waals surface area contributed by atoms with E-state index < -0.39 is 0 Å². The normalized spacial score (nSPS) is 9.95. The fraction of sp³-hybridized carbons (Fsp3) is 0. The van der Waals surface area contributed by atoms with E-state index in [1.165, 1.54) is 0 Å². The van der Waals surface area contributed by atoms with Crippen LogP contribution in [0.15, 0.2) is 54.6 Å². The first-order valence-corrected chi connectivity index (χ1v) is 6.15. The predicted molar refractivity (Wildman–Crippen MR) is 79.2 cm³/mol. The second kappa shape index (κ2) is 6.58. The van der Waals surface area contributed by atoms with Gasteiger partial charge < -0.3 is 0 Å². The van der Waals surface area contributed by atoms with E-state index in [4.69, 9.17) is 11.6 Å². The van der Waals surface area contributed by atoms with Crippen molar-refractivity contribution in [1.82, 2.24) is 0 Å². The number of carbonyl (C=O) groups is 1. The van der Waals surface area contributed by atoms with Crippen molar-refractivity contribution in [3.05, 3.63) is 76.3 Å². The molecule has 0 radical (unpaired) electrons. The second-order valence-corrected chi connectivity index (χ2v) is 4.27. The molecule has 0 spiro atoms. The van der Waals surface area contributed by atoms with Crippen LogP contribution in [0.3, 0.4) is 0 Å². The van der Waals surface area contributed by atoms with Crippen LogP contribution in [0.25, 0.3) is 6.08 Å². The first-order chi connectivity index (χ1) is 9.29. The summed E-state index contributed by atoms with van der Waals surface area (Å²) >= 11 is 5.99. The number of hydrogen-bond acceptors (Lipinski definition) is 1. The zero-order valence-corrected chi connectivity index (χ0v) is 10.9. The third kappa shape index (κ3) is 3.84. The van der Waals surface area contributed by atoms with Crippen molar-refractivity contribution in [2.75, 3.05) is 0 Å². The molecule has 2 heteroatoms. The number of allylic oxidation sites excluding steroid dienone is 1. The van der Waals surface area contributed by atoms with E-state index in [0.29, 0.717) is 10.6 Å². The first-order valence-electron chi connectivity index (χ1n) is 5.77. The van der Waals surface area contributed by atoms with Gasteiger partial charge in [-0.2, -0.15) is 0 Å². The van der Waals surface area contributed by atoms with Crippen molar-refractivity contribution in [2.24, 2.45) is 0 Å². The predicted octanol–water partition coefficient (Wildman–Crippen LogP) is 4.22. The number of aldehydes is 1. The Hall–Kier alpha value is -2.30. The molecule has 1 nitrogen and oxygen atoms in total. The zero-order chi connectivity index (χ0) is 13.5. The molecular formula is C17H11ClO. The van der Waals surface area contributed by atoms with Crippen LogP contribution < -0.4 is 0 Å². The number of halogens is 1. The molecule has 2 rings (SSSR count). The monoisotopic (exact) mass is 266 g/mol. The van der Waals surface area contributed by atoms with E-state index in [0.717, 1.165) is 17.4 Å². The Labute approximate surface area is 117 Å². The molecule has 2 aromatic carbocycles. The van der Waals surface area contributed by atoms with Crippen molar-refractivity contribution in [1.29, 1.82) is 0 Å². The van der Waals surface area contributed by atoms with Crippen LogP contribution in [0.1, 0.15) is 21.5 Å². The van der Waals surface area contributed by atoms with Gasteiger partial charge in [-0.1, -0.05) is 59.8 Å². The minimum Gasteiger partial charge on any atom is -0.298 e. The summed E-state index contributed by atoms with van der Waals surface area (Å²) in [7, 11) is 0. The lowest BCUT2D eigenvalue weighted by Gasteiger charge is -1.92. The topological polar surface area (TPSA) is 17.1 Å². The fourth-order valence-corrected chi connectivity index (χ4v) is 1.69. The summed E-state index contributed by atoms with van der Waals surface area (Å²) in [4.78, 5) is 10.5. The van der Waals surface area contributed by atoms with Crippen molar-refractivity contribution in [2.45, 2.75) is 0 Å². The second-order valence-electron chi connectivity index (χ2n) is 3.87. The third-order valence-electron chi connectivity index (χ3n) is 2.51. The zero-order valence-electron chi connectivity index (χ0n) is 10.1. The van der Waals surface area contributed by atoms with E-state index in [1.54, 1.807) is 18.2 Å². The maximum Gasteiger partial charge on any atom is 0.150 e. The molecule has 0 aliphatic heterocycles. The van der Waals surface area contributed by atoms with E-state index in [2.05, 4.69) is 11.8 Å². The van der Waals surface area contributed by atoms with Gasteiger partial charge in [0.25, 0.3) is 0 Å². The van der Waals surface area contributed by atoms with Crippen LogP contribution in [-0.2, 0) is 0 Å². The van der Waals surface area contributed by atoms with Gasteiger partial charge in [0.15, 0.2) is 0 Å². The summed E-state index contributed by atoms with van der Waals surface area (Å²) in [6.07, 6.45) is 4.47. The highest BCUT2D eigenvalue weighted by Gasteiger charge is 1.92. The van der Waals surface area contributed by atoms with E-state index in [9.17, 15) is 4.79 Å². The van der Waals surface area contributed by atoms with Crippen LogP contribution in [-0.4, -0.2) is 6.29 Å². The quantitative estimate of drug-likeness (QED) is 0.588. The van der Waals surface area contributed by atoms with E-state index in [1.807, 2.05) is 42.5 Å². The number of hydrogen-bond donors (Lipinski definition) is 0. The highest BCUT2D eigenvalue weighted by Crippen LogP contribution is 2.13. The average molecular weight is 267 g/mol. The number of rotatable bonds is 2. The lowest BCUT2D eigenvalue weighted by molar-refractivity contribution is 0.112. The SMILES string of the molecule is O=Cc1ccc(/C=C/C#Cc2ccccc2Cl)cc1. The lowest BCUT2D eigenvalue weighted by Crippen LogP contribution is -1.78. The summed E-state index contributed by atoms with van der Waals surface area (Å²) in [5.74, 6) is 5.92. The van der Waals surface area contributed by atoms with Gasteiger partial charge in [-0.3, -0.25) is 4.79 Å². The van der Waals surface area contributed by atoms with Gasteiger partial charge in [0.1, 0.15) is 6.29 Å². The van der Waals surface area contributed by atoms with Crippen molar-refractivity contribution >= 4 is 24.0 Å².